The van der Waals surface area contributed by atoms with Gasteiger partial charge >= 0.3 is 12.1 Å². The van der Waals surface area contributed by atoms with Crippen LogP contribution in [0.2, 0.25) is 0 Å². The molecule has 9 heteroatoms. The maximum absolute atomic E-state index is 13.8. The normalized spacial score (nSPS) is 18.5. The number of anilines is 1. The van der Waals surface area contributed by atoms with E-state index in [4.69, 9.17) is 5.11 Å². The minimum Gasteiger partial charge on any atom is -0.481 e. The van der Waals surface area contributed by atoms with Gasteiger partial charge < -0.3 is 5.11 Å². The van der Waals surface area contributed by atoms with Crippen LogP contribution >= 0.6 is 0 Å². The third-order valence-electron chi connectivity index (χ3n) is 7.33. The van der Waals surface area contributed by atoms with Gasteiger partial charge in [0.1, 0.15) is 0 Å². The van der Waals surface area contributed by atoms with Gasteiger partial charge in [0.25, 0.3) is 10.0 Å². The van der Waals surface area contributed by atoms with E-state index in [1.807, 2.05) is 19.9 Å². The maximum Gasteiger partial charge on any atom is 0.416 e. The number of carbonyl (C=O) groups is 1. The molecule has 37 heavy (non-hydrogen) atoms. The monoisotopic (exact) mass is 529 g/mol. The topological polar surface area (TPSA) is 74.7 Å². The third kappa shape index (κ3) is 4.61. The summed E-state index contributed by atoms with van der Waals surface area (Å²) in [6.07, 6.45) is -3.22. The molecule has 0 saturated carbocycles. The van der Waals surface area contributed by atoms with Crippen molar-refractivity contribution in [3.05, 3.63) is 82.9 Å². The number of sulfonamides is 1. The Morgan fingerprint density at radius 1 is 0.973 bits per heavy atom. The summed E-state index contributed by atoms with van der Waals surface area (Å²) in [6, 6.07) is 15.2. The molecular formula is C28H26F3NO4S. The summed E-state index contributed by atoms with van der Waals surface area (Å²) < 4.78 is 67.8. The SMILES string of the molecule is CC1(C)CN(S(=O)(=O)c2ccc3c(c2)CC(CC(=O)O)C3)c2ccc(-c3ccc(C(F)(F)F)cc3)cc21. The van der Waals surface area contributed by atoms with Crippen molar-refractivity contribution in [2.45, 2.75) is 49.6 Å². The van der Waals surface area contributed by atoms with Gasteiger partial charge in [0.2, 0.25) is 0 Å². The molecule has 2 aliphatic rings. The largest absolute Gasteiger partial charge is 0.481 e. The minimum atomic E-state index is -4.41. The number of carboxylic acid groups (broad SMARTS) is 1. The second kappa shape index (κ2) is 8.62. The van der Waals surface area contributed by atoms with Crippen molar-refractivity contribution < 1.29 is 31.5 Å². The molecule has 0 radical (unpaired) electrons. The lowest BCUT2D eigenvalue weighted by atomic mass is 9.85. The fourth-order valence-electron chi connectivity index (χ4n) is 5.44. The number of hydrogen-bond donors (Lipinski definition) is 1. The molecule has 0 bridgehead atoms. The van der Waals surface area contributed by atoms with Crippen molar-refractivity contribution in [3.8, 4) is 11.1 Å². The molecule has 3 aromatic rings. The van der Waals surface area contributed by atoms with Crippen LogP contribution < -0.4 is 4.31 Å². The fourth-order valence-corrected chi connectivity index (χ4v) is 7.13. The molecule has 0 saturated heterocycles. The number of benzene rings is 3. The quantitative estimate of drug-likeness (QED) is 0.437. The van der Waals surface area contributed by atoms with E-state index < -0.39 is 33.1 Å². The van der Waals surface area contributed by atoms with E-state index in [-0.39, 0.29) is 23.8 Å². The zero-order valence-corrected chi connectivity index (χ0v) is 21.2. The Morgan fingerprint density at radius 2 is 1.62 bits per heavy atom. The summed E-state index contributed by atoms with van der Waals surface area (Å²) in [5.41, 5.74) is 3.27. The van der Waals surface area contributed by atoms with Crippen LogP contribution in [-0.4, -0.2) is 26.0 Å². The molecule has 3 aromatic carbocycles. The number of nitrogens with zero attached hydrogens (tertiary/aromatic N) is 1. The number of fused-ring (bicyclic) bond motifs is 2. The summed E-state index contributed by atoms with van der Waals surface area (Å²) in [5, 5.41) is 9.11. The highest BCUT2D eigenvalue weighted by molar-refractivity contribution is 7.92. The van der Waals surface area contributed by atoms with Gasteiger partial charge in [-0.25, -0.2) is 8.42 Å². The van der Waals surface area contributed by atoms with Crippen LogP contribution in [0.25, 0.3) is 11.1 Å². The van der Waals surface area contributed by atoms with E-state index in [2.05, 4.69) is 0 Å². The Kier molecular flexibility index (Phi) is 5.90. The third-order valence-corrected chi connectivity index (χ3v) is 9.08. The van der Waals surface area contributed by atoms with Gasteiger partial charge in [-0.2, -0.15) is 13.2 Å². The van der Waals surface area contributed by atoms with E-state index in [0.29, 0.717) is 29.7 Å². The smallest absolute Gasteiger partial charge is 0.416 e. The van der Waals surface area contributed by atoms with Gasteiger partial charge in [0, 0.05) is 18.4 Å². The summed E-state index contributed by atoms with van der Waals surface area (Å²) in [6.45, 7) is 4.11. The van der Waals surface area contributed by atoms with Crippen molar-refractivity contribution in [3.63, 3.8) is 0 Å². The van der Waals surface area contributed by atoms with Crippen LogP contribution in [0.4, 0.5) is 18.9 Å². The van der Waals surface area contributed by atoms with E-state index in [1.54, 1.807) is 30.3 Å². The number of alkyl halides is 3. The van der Waals surface area contributed by atoms with Crippen LogP contribution in [0.3, 0.4) is 0 Å². The van der Waals surface area contributed by atoms with Gasteiger partial charge in [0.05, 0.1) is 16.1 Å². The van der Waals surface area contributed by atoms with Crippen molar-refractivity contribution in [1.82, 2.24) is 0 Å². The van der Waals surface area contributed by atoms with Crippen LogP contribution in [-0.2, 0) is 39.3 Å². The summed E-state index contributed by atoms with van der Waals surface area (Å²) >= 11 is 0. The first-order valence-corrected chi connectivity index (χ1v) is 13.4. The second-order valence-electron chi connectivity index (χ2n) is 10.5. The highest BCUT2D eigenvalue weighted by Gasteiger charge is 2.42. The molecule has 1 N–H and O–H groups in total. The lowest BCUT2D eigenvalue weighted by Crippen LogP contribution is -2.34. The highest BCUT2D eigenvalue weighted by atomic mass is 32.2. The molecular weight excluding hydrogens is 503 g/mol. The van der Waals surface area contributed by atoms with Crippen LogP contribution in [0.1, 0.15) is 42.5 Å². The van der Waals surface area contributed by atoms with E-state index in [9.17, 15) is 26.4 Å². The molecule has 0 fully saturated rings. The molecule has 5 nitrogen and oxygen atoms in total. The first-order chi connectivity index (χ1) is 17.3. The minimum absolute atomic E-state index is 0.0412. The van der Waals surface area contributed by atoms with Gasteiger partial charge in [-0.3, -0.25) is 9.10 Å². The Balaban J connectivity index is 1.46. The molecule has 5 rings (SSSR count). The van der Waals surface area contributed by atoms with Gasteiger partial charge in [-0.15, -0.1) is 0 Å². The van der Waals surface area contributed by atoms with Gasteiger partial charge in [-0.05, 0) is 83.0 Å². The predicted octanol–water partition coefficient (Wildman–Crippen LogP) is 6.05. The zero-order chi connectivity index (χ0) is 26.8. The Labute approximate surface area is 213 Å². The Morgan fingerprint density at radius 3 is 2.27 bits per heavy atom. The maximum atomic E-state index is 13.8. The first-order valence-electron chi connectivity index (χ1n) is 11.9. The number of hydrogen-bond acceptors (Lipinski definition) is 3. The van der Waals surface area contributed by atoms with Crippen molar-refractivity contribution in [2.24, 2.45) is 5.92 Å². The first kappa shape index (κ1) is 25.3. The summed E-state index contributed by atoms with van der Waals surface area (Å²) in [7, 11) is -3.89. The Hall–Kier alpha value is -3.33. The van der Waals surface area contributed by atoms with Crippen LogP contribution in [0.5, 0.6) is 0 Å². The van der Waals surface area contributed by atoms with E-state index >= 15 is 0 Å². The molecule has 0 aromatic heterocycles. The van der Waals surface area contributed by atoms with Gasteiger partial charge in [0.15, 0.2) is 0 Å². The summed E-state index contributed by atoms with van der Waals surface area (Å²) in [4.78, 5) is 11.3. The van der Waals surface area contributed by atoms with Crippen molar-refractivity contribution >= 4 is 21.7 Å². The molecule has 0 spiro atoms. The molecule has 194 valence electrons. The Bertz CT molecular complexity index is 1490. The number of carboxylic acids is 1. The van der Waals surface area contributed by atoms with Crippen LogP contribution in [0.15, 0.2) is 65.6 Å². The average molecular weight is 530 g/mol. The second-order valence-corrected chi connectivity index (χ2v) is 12.4. The fraction of sp³-hybridized carbons (Fsp3) is 0.321. The lowest BCUT2D eigenvalue weighted by molar-refractivity contribution is -0.138. The average Bonchev–Trinajstić information content (AvgIpc) is 3.34. The number of halogens is 3. The molecule has 1 atom stereocenters. The summed E-state index contributed by atoms with van der Waals surface area (Å²) in [5.74, 6) is -0.905. The lowest BCUT2D eigenvalue weighted by Gasteiger charge is -2.22. The molecule has 1 aliphatic carbocycles. The highest BCUT2D eigenvalue weighted by Crippen LogP contribution is 2.45. The molecule has 1 unspecified atom stereocenters. The van der Waals surface area contributed by atoms with E-state index in [0.717, 1.165) is 28.8 Å². The number of rotatable bonds is 5. The zero-order valence-electron chi connectivity index (χ0n) is 20.3. The molecule has 1 heterocycles. The van der Waals surface area contributed by atoms with E-state index in [1.165, 1.54) is 16.4 Å². The van der Waals surface area contributed by atoms with Crippen molar-refractivity contribution in [2.75, 3.05) is 10.8 Å². The van der Waals surface area contributed by atoms with Crippen LogP contribution in [0, 0.1) is 5.92 Å². The predicted molar refractivity (Wildman–Crippen MR) is 134 cm³/mol. The van der Waals surface area contributed by atoms with Gasteiger partial charge in [-0.1, -0.05) is 38.1 Å². The number of aliphatic carboxylic acids is 1. The molecule has 1 aliphatic heterocycles. The molecule has 0 amide bonds. The standard InChI is InChI=1S/C28H26F3NO4S/c1-27(2)16-32(37(35,36)23-9-5-19-11-17(13-26(33)34)12-21(19)14-23)25-10-6-20(15-24(25)27)18-3-7-22(8-4-18)28(29,30)31/h3-10,14-15,17H,11-13,16H2,1-2H3,(H,33,34). The van der Waals surface area contributed by atoms with Crippen molar-refractivity contribution in [1.29, 1.82) is 0 Å².